The molecule has 1 aliphatic rings. The number of nitrogens with two attached hydrogens (primary N) is 1. The summed E-state index contributed by atoms with van der Waals surface area (Å²) >= 11 is 0. The molecule has 0 bridgehead atoms. The molecule has 0 unspecified atom stereocenters. The third-order valence-corrected chi connectivity index (χ3v) is 3.09. The molecule has 0 aliphatic carbocycles. The van der Waals surface area contributed by atoms with Gasteiger partial charge in [0.15, 0.2) is 11.5 Å². The second-order valence-corrected chi connectivity index (χ2v) is 4.57. The highest BCUT2D eigenvalue weighted by molar-refractivity contribution is 5.98. The molecule has 7 nitrogen and oxygen atoms in total. The molecule has 1 amide bonds. The molecular weight excluding hydrogens is 276 g/mol. The van der Waals surface area contributed by atoms with Gasteiger partial charge in [0.1, 0.15) is 13.2 Å². The van der Waals surface area contributed by atoms with Crippen molar-refractivity contribution in [3.8, 4) is 11.5 Å². The molecule has 1 heterocycles. The van der Waals surface area contributed by atoms with Crippen molar-refractivity contribution in [3.05, 3.63) is 23.3 Å². The number of ether oxygens (including phenoxy) is 4. The van der Waals surface area contributed by atoms with Crippen molar-refractivity contribution in [2.75, 3.05) is 40.6 Å². The monoisotopic (exact) mass is 296 g/mol. The molecule has 7 heteroatoms. The Morgan fingerprint density at radius 1 is 1.05 bits per heavy atom. The second kappa shape index (κ2) is 7.26. The smallest absolute Gasteiger partial charge is 0.268 e. The maximum Gasteiger partial charge on any atom is 0.268 e. The number of amides is 1. The quantitative estimate of drug-likeness (QED) is 0.429. The van der Waals surface area contributed by atoms with Gasteiger partial charge in [-0.1, -0.05) is 0 Å². The molecule has 116 valence electrons. The van der Waals surface area contributed by atoms with Crippen LogP contribution in [0.2, 0.25) is 0 Å². The van der Waals surface area contributed by atoms with E-state index in [-0.39, 0.29) is 5.91 Å². The summed E-state index contributed by atoms with van der Waals surface area (Å²) in [5.74, 6) is 6.50. The molecular formula is C14H20N2O5. The minimum atomic E-state index is -0.218. The highest BCUT2D eigenvalue weighted by atomic mass is 16.5. The summed E-state index contributed by atoms with van der Waals surface area (Å²) in [5.41, 5.74) is 1.37. The van der Waals surface area contributed by atoms with Crippen molar-refractivity contribution < 1.29 is 23.7 Å². The fourth-order valence-electron chi connectivity index (χ4n) is 2.04. The molecule has 21 heavy (non-hydrogen) atoms. The van der Waals surface area contributed by atoms with Crippen molar-refractivity contribution in [2.24, 2.45) is 5.84 Å². The Labute approximate surface area is 123 Å². The first-order valence-electron chi connectivity index (χ1n) is 6.64. The van der Waals surface area contributed by atoms with Crippen molar-refractivity contribution >= 4 is 5.91 Å². The largest absolute Gasteiger partial charge is 0.487 e. The Bertz CT molecular complexity index is 506. The third-order valence-electron chi connectivity index (χ3n) is 3.09. The molecule has 0 saturated heterocycles. The first-order valence-corrected chi connectivity index (χ1v) is 6.64. The zero-order valence-electron chi connectivity index (χ0n) is 12.3. The zero-order chi connectivity index (χ0) is 15.2. The highest BCUT2D eigenvalue weighted by Gasteiger charge is 2.27. The fourth-order valence-corrected chi connectivity index (χ4v) is 2.04. The summed E-state index contributed by atoms with van der Waals surface area (Å²) in [6, 6.07) is 3.46. The zero-order valence-corrected chi connectivity index (χ0v) is 12.3. The van der Waals surface area contributed by atoms with Crippen LogP contribution in [0.25, 0.3) is 0 Å². The molecule has 1 aromatic carbocycles. The van der Waals surface area contributed by atoms with E-state index in [4.69, 9.17) is 24.8 Å². The molecule has 0 aromatic heterocycles. The van der Waals surface area contributed by atoms with E-state index in [1.807, 2.05) is 0 Å². The van der Waals surface area contributed by atoms with Gasteiger partial charge in [-0.25, -0.2) is 5.84 Å². The lowest BCUT2D eigenvalue weighted by Crippen LogP contribution is -2.30. The van der Waals surface area contributed by atoms with Crippen molar-refractivity contribution in [2.45, 2.75) is 6.54 Å². The molecule has 2 N–H and O–H groups in total. The molecule has 0 fully saturated rings. The van der Waals surface area contributed by atoms with Gasteiger partial charge in [-0.2, -0.15) is 0 Å². The number of rotatable bonds is 8. The lowest BCUT2D eigenvalue weighted by Gasteiger charge is -2.13. The van der Waals surface area contributed by atoms with Crippen LogP contribution in [-0.2, 0) is 16.0 Å². The maximum atomic E-state index is 11.9. The fraction of sp³-hybridized carbons (Fsp3) is 0.500. The van der Waals surface area contributed by atoms with E-state index in [1.54, 1.807) is 26.4 Å². The van der Waals surface area contributed by atoms with E-state index in [0.717, 1.165) is 5.56 Å². The lowest BCUT2D eigenvalue weighted by molar-refractivity contribution is 0.0778. The second-order valence-electron chi connectivity index (χ2n) is 4.57. The van der Waals surface area contributed by atoms with Crippen LogP contribution in [0.4, 0.5) is 0 Å². The van der Waals surface area contributed by atoms with Gasteiger partial charge in [0.05, 0.1) is 19.8 Å². The number of hydrazine groups is 1. The SMILES string of the molecule is COCCOc1cc2c(cc1OCCOC)C(=O)N(N)C2. The van der Waals surface area contributed by atoms with Crippen LogP contribution < -0.4 is 15.3 Å². The molecule has 0 saturated carbocycles. The standard InChI is InChI=1S/C14H20N2O5/c1-18-3-5-20-12-7-10-9-16(15)14(17)11(10)8-13(12)21-6-4-19-2/h7-8H,3-6,9,15H2,1-2H3. The molecule has 0 spiro atoms. The van der Waals surface area contributed by atoms with Crippen LogP contribution in [0.5, 0.6) is 11.5 Å². The van der Waals surface area contributed by atoms with Gasteiger partial charge in [-0.15, -0.1) is 0 Å². The number of carbonyl (C=O) groups is 1. The number of hydrogen-bond acceptors (Lipinski definition) is 6. The van der Waals surface area contributed by atoms with Gasteiger partial charge in [0, 0.05) is 19.8 Å². The normalized spacial score (nSPS) is 13.5. The van der Waals surface area contributed by atoms with Crippen LogP contribution in [0.15, 0.2) is 12.1 Å². The number of hydrogen-bond donors (Lipinski definition) is 1. The number of methoxy groups -OCH3 is 2. The van der Waals surface area contributed by atoms with Crippen molar-refractivity contribution in [1.29, 1.82) is 0 Å². The molecule has 1 aromatic rings. The first kappa shape index (κ1) is 15.6. The van der Waals surface area contributed by atoms with Gasteiger partial charge < -0.3 is 18.9 Å². The highest BCUT2D eigenvalue weighted by Crippen LogP contribution is 2.34. The molecule has 2 rings (SSSR count). The summed E-state index contributed by atoms with van der Waals surface area (Å²) < 4.78 is 21.2. The maximum absolute atomic E-state index is 11.9. The predicted molar refractivity (Wildman–Crippen MR) is 75.2 cm³/mol. The molecule has 1 aliphatic heterocycles. The Kier molecular flexibility index (Phi) is 5.38. The van der Waals surface area contributed by atoms with Crippen molar-refractivity contribution in [3.63, 3.8) is 0 Å². The Balaban J connectivity index is 2.20. The predicted octanol–water partition coefficient (Wildman–Crippen LogP) is 0.567. The van der Waals surface area contributed by atoms with Crippen LogP contribution in [0.3, 0.4) is 0 Å². The summed E-state index contributed by atoms with van der Waals surface area (Å²) in [6.07, 6.45) is 0. The Morgan fingerprint density at radius 2 is 1.62 bits per heavy atom. The summed E-state index contributed by atoms with van der Waals surface area (Å²) in [7, 11) is 3.20. The van der Waals surface area contributed by atoms with Gasteiger partial charge in [0.2, 0.25) is 0 Å². The van der Waals surface area contributed by atoms with E-state index in [1.165, 1.54) is 5.01 Å². The minimum Gasteiger partial charge on any atom is -0.487 e. The van der Waals surface area contributed by atoms with E-state index in [9.17, 15) is 4.79 Å². The van der Waals surface area contributed by atoms with Gasteiger partial charge >= 0.3 is 0 Å². The molecule has 0 radical (unpaired) electrons. The van der Waals surface area contributed by atoms with Crippen LogP contribution in [0.1, 0.15) is 15.9 Å². The Hall–Kier alpha value is -1.83. The van der Waals surface area contributed by atoms with Gasteiger partial charge in [-0.05, 0) is 17.7 Å². The van der Waals surface area contributed by atoms with Crippen LogP contribution >= 0.6 is 0 Å². The number of benzene rings is 1. The average molecular weight is 296 g/mol. The van der Waals surface area contributed by atoms with Crippen LogP contribution in [-0.4, -0.2) is 51.6 Å². The summed E-state index contributed by atoms with van der Waals surface area (Å²) in [6.45, 7) is 2.06. The Morgan fingerprint density at radius 3 is 2.19 bits per heavy atom. The molecule has 0 atom stereocenters. The number of nitrogens with zero attached hydrogens (tertiary/aromatic N) is 1. The van der Waals surface area contributed by atoms with E-state index >= 15 is 0 Å². The van der Waals surface area contributed by atoms with Gasteiger partial charge in [0.25, 0.3) is 5.91 Å². The number of carbonyl (C=O) groups excluding carboxylic acids is 1. The van der Waals surface area contributed by atoms with E-state index in [0.29, 0.717) is 50.0 Å². The van der Waals surface area contributed by atoms with Crippen LogP contribution in [0, 0.1) is 0 Å². The summed E-state index contributed by atoms with van der Waals surface area (Å²) in [4.78, 5) is 11.9. The third kappa shape index (κ3) is 3.63. The topological polar surface area (TPSA) is 83.2 Å². The van der Waals surface area contributed by atoms with E-state index in [2.05, 4.69) is 0 Å². The van der Waals surface area contributed by atoms with Crippen molar-refractivity contribution in [1.82, 2.24) is 5.01 Å². The summed E-state index contributed by atoms with van der Waals surface area (Å²) in [5, 5.41) is 1.17. The minimum absolute atomic E-state index is 0.218. The van der Waals surface area contributed by atoms with E-state index < -0.39 is 0 Å². The lowest BCUT2D eigenvalue weighted by atomic mass is 10.1. The first-order chi connectivity index (χ1) is 10.2. The van der Waals surface area contributed by atoms with Gasteiger partial charge in [-0.3, -0.25) is 9.80 Å². The number of fused-ring (bicyclic) bond motifs is 1. The average Bonchev–Trinajstić information content (AvgIpc) is 2.74.